The number of primary amides is 1. The highest BCUT2D eigenvalue weighted by atomic mass is 79.9. The summed E-state index contributed by atoms with van der Waals surface area (Å²) in [6, 6.07) is 5.47. The molecule has 0 atom stereocenters. The SMILES string of the molecule is COc1cc(Br)ccc1CC(N)=O. The van der Waals surface area contributed by atoms with Gasteiger partial charge in [0.15, 0.2) is 0 Å². The van der Waals surface area contributed by atoms with Crippen molar-refractivity contribution >= 4 is 21.8 Å². The molecule has 0 spiro atoms. The lowest BCUT2D eigenvalue weighted by molar-refractivity contribution is -0.117. The number of benzene rings is 1. The Morgan fingerprint density at radius 1 is 1.62 bits per heavy atom. The summed E-state index contributed by atoms with van der Waals surface area (Å²) >= 11 is 3.31. The molecule has 0 unspecified atom stereocenters. The summed E-state index contributed by atoms with van der Waals surface area (Å²) in [5.74, 6) is 0.314. The first-order chi connectivity index (χ1) is 6.13. The number of methoxy groups -OCH3 is 1. The zero-order valence-electron chi connectivity index (χ0n) is 7.21. The molecule has 1 aromatic rings. The van der Waals surface area contributed by atoms with Crippen LogP contribution >= 0.6 is 15.9 Å². The number of hydrogen-bond acceptors (Lipinski definition) is 2. The van der Waals surface area contributed by atoms with E-state index in [9.17, 15) is 4.79 Å². The number of halogens is 1. The largest absolute Gasteiger partial charge is 0.496 e. The summed E-state index contributed by atoms with van der Waals surface area (Å²) < 4.78 is 6.00. The van der Waals surface area contributed by atoms with E-state index >= 15 is 0 Å². The van der Waals surface area contributed by atoms with Gasteiger partial charge in [-0.3, -0.25) is 4.79 Å². The summed E-state index contributed by atoms with van der Waals surface area (Å²) in [6.45, 7) is 0. The lowest BCUT2D eigenvalue weighted by Gasteiger charge is -2.06. The number of carbonyl (C=O) groups excluding carboxylic acids is 1. The molecule has 0 heterocycles. The molecule has 70 valence electrons. The average molecular weight is 244 g/mol. The van der Waals surface area contributed by atoms with E-state index in [1.165, 1.54) is 0 Å². The molecule has 0 aliphatic carbocycles. The lowest BCUT2D eigenvalue weighted by Crippen LogP contribution is -2.14. The number of rotatable bonds is 3. The van der Waals surface area contributed by atoms with Crippen molar-refractivity contribution in [3.63, 3.8) is 0 Å². The molecule has 13 heavy (non-hydrogen) atoms. The van der Waals surface area contributed by atoms with E-state index in [1.807, 2.05) is 12.1 Å². The van der Waals surface area contributed by atoms with Gasteiger partial charge in [0.1, 0.15) is 5.75 Å². The molecule has 1 aromatic carbocycles. The minimum Gasteiger partial charge on any atom is -0.496 e. The van der Waals surface area contributed by atoms with Crippen LogP contribution in [0.2, 0.25) is 0 Å². The number of ether oxygens (including phenoxy) is 1. The van der Waals surface area contributed by atoms with Gasteiger partial charge >= 0.3 is 0 Å². The Bertz CT molecular complexity index is 325. The van der Waals surface area contributed by atoms with Gasteiger partial charge in [-0.1, -0.05) is 22.0 Å². The van der Waals surface area contributed by atoms with Crippen molar-refractivity contribution in [2.75, 3.05) is 7.11 Å². The summed E-state index contributed by atoms with van der Waals surface area (Å²) in [7, 11) is 1.56. The fourth-order valence-corrected chi connectivity index (χ4v) is 1.39. The van der Waals surface area contributed by atoms with Gasteiger partial charge in [0, 0.05) is 10.0 Å². The minimum absolute atomic E-state index is 0.205. The third kappa shape index (κ3) is 2.73. The third-order valence-electron chi connectivity index (χ3n) is 1.61. The van der Waals surface area contributed by atoms with Gasteiger partial charge < -0.3 is 10.5 Å². The summed E-state index contributed by atoms with van der Waals surface area (Å²) in [5, 5.41) is 0. The highest BCUT2D eigenvalue weighted by Crippen LogP contribution is 2.23. The van der Waals surface area contributed by atoms with Gasteiger partial charge in [-0.05, 0) is 12.1 Å². The van der Waals surface area contributed by atoms with Crippen molar-refractivity contribution in [2.24, 2.45) is 5.73 Å². The quantitative estimate of drug-likeness (QED) is 0.875. The molecule has 0 aliphatic heterocycles. The fourth-order valence-electron chi connectivity index (χ4n) is 1.05. The molecule has 0 fully saturated rings. The van der Waals surface area contributed by atoms with E-state index in [1.54, 1.807) is 13.2 Å². The predicted octanol–water partition coefficient (Wildman–Crippen LogP) is 1.49. The normalized spacial score (nSPS) is 9.69. The molecule has 0 aromatic heterocycles. The van der Waals surface area contributed by atoms with Crippen molar-refractivity contribution in [3.05, 3.63) is 28.2 Å². The standard InChI is InChI=1S/C9H10BrNO2/c1-13-8-5-7(10)3-2-6(8)4-9(11)12/h2-3,5H,4H2,1H3,(H2,11,12). The first-order valence-corrected chi connectivity index (χ1v) is 4.53. The van der Waals surface area contributed by atoms with Gasteiger partial charge in [-0.15, -0.1) is 0 Å². The molecule has 2 N–H and O–H groups in total. The number of nitrogens with two attached hydrogens (primary N) is 1. The van der Waals surface area contributed by atoms with Gasteiger partial charge in [-0.25, -0.2) is 0 Å². The molecule has 4 heteroatoms. The van der Waals surface area contributed by atoms with Crippen LogP contribution in [-0.2, 0) is 11.2 Å². The number of amides is 1. The van der Waals surface area contributed by atoms with E-state index in [0.717, 1.165) is 10.0 Å². The fraction of sp³-hybridized carbons (Fsp3) is 0.222. The molecule has 1 amide bonds. The van der Waals surface area contributed by atoms with Crippen LogP contribution in [0.4, 0.5) is 0 Å². The van der Waals surface area contributed by atoms with Crippen LogP contribution in [-0.4, -0.2) is 13.0 Å². The number of carbonyl (C=O) groups is 1. The van der Waals surface area contributed by atoms with Gasteiger partial charge in [-0.2, -0.15) is 0 Å². The molecular formula is C9H10BrNO2. The first kappa shape index (κ1) is 10.1. The van der Waals surface area contributed by atoms with Crippen LogP contribution in [0, 0.1) is 0 Å². The Morgan fingerprint density at radius 3 is 2.85 bits per heavy atom. The molecule has 0 aliphatic rings. The molecular weight excluding hydrogens is 234 g/mol. The Labute approximate surface area is 85.0 Å². The second-order valence-electron chi connectivity index (χ2n) is 2.60. The van der Waals surface area contributed by atoms with Crippen molar-refractivity contribution in [1.82, 2.24) is 0 Å². The van der Waals surface area contributed by atoms with Crippen molar-refractivity contribution in [1.29, 1.82) is 0 Å². The summed E-state index contributed by atoms with van der Waals surface area (Å²) in [4.78, 5) is 10.7. The monoisotopic (exact) mass is 243 g/mol. The van der Waals surface area contributed by atoms with Crippen LogP contribution in [0.15, 0.2) is 22.7 Å². The highest BCUT2D eigenvalue weighted by molar-refractivity contribution is 9.10. The van der Waals surface area contributed by atoms with Crippen molar-refractivity contribution in [3.8, 4) is 5.75 Å². The Hall–Kier alpha value is -1.03. The maximum atomic E-state index is 10.7. The Balaban J connectivity index is 2.99. The van der Waals surface area contributed by atoms with E-state index in [-0.39, 0.29) is 12.3 Å². The summed E-state index contributed by atoms with van der Waals surface area (Å²) in [6.07, 6.45) is 0.205. The smallest absolute Gasteiger partial charge is 0.221 e. The number of hydrogen-bond donors (Lipinski definition) is 1. The first-order valence-electron chi connectivity index (χ1n) is 3.74. The molecule has 1 rings (SSSR count). The van der Waals surface area contributed by atoms with Gasteiger partial charge in [0.05, 0.1) is 13.5 Å². The molecule has 3 nitrogen and oxygen atoms in total. The highest BCUT2D eigenvalue weighted by Gasteiger charge is 2.05. The zero-order valence-corrected chi connectivity index (χ0v) is 8.80. The second-order valence-corrected chi connectivity index (χ2v) is 3.51. The van der Waals surface area contributed by atoms with E-state index in [0.29, 0.717) is 5.75 Å². The molecule has 0 radical (unpaired) electrons. The van der Waals surface area contributed by atoms with Crippen LogP contribution in [0.3, 0.4) is 0 Å². The van der Waals surface area contributed by atoms with Gasteiger partial charge in [0.25, 0.3) is 0 Å². The van der Waals surface area contributed by atoms with E-state index in [2.05, 4.69) is 15.9 Å². The Kier molecular flexibility index (Phi) is 3.31. The zero-order chi connectivity index (χ0) is 9.84. The molecule has 0 bridgehead atoms. The molecule has 0 saturated heterocycles. The Morgan fingerprint density at radius 2 is 2.31 bits per heavy atom. The maximum absolute atomic E-state index is 10.7. The van der Waals surface area contributed by atoms with Crippen LogP contribution in [0.1, 0.15) is 5.56 Å². The summed E-state index contributed by atoms with van der Waals surface area (Å²) in [5.41, 5.74) is 5.88. The van der Waals surface area contributed by atoms with Crippen molar-refractivity contribution in [2.45, 2.75) is 6.42 Å². The molecule has 0 saturated carbocycles. The van der Waals surface area contributed by atoms with Gasteiger partial charge in [0.2, 0.25) is 5.91 Å². The van der Waals surface area contributed by atoms with E-state index < -0.39 is 0 Å². The van der Waals surface area contributed by atoms with E-state index in [4.69, 9.17) is 10.5 Å². The van der Waals surface area contributed by atoms with Crippen LogP contribution in [0.25, 0.3) is 0 Å². The van der Waals surface area contributed by atoms with Crippen molar-refractivity contribution < 1.29 is 9.53 Å². The van der Waals surface area contributed by atoms with Crippen LogP contribution in [0.5, 0.6) is 5.75 Å². The predicted molar refractivity (Wildman–Crippen MR) is 53.6 cm³/mol. The average Bonchev–Trinajstić information content (AvgIpc) is 2.07. The maximum Gasteiger partial charge on any atom is 0.221 e. The lowest BCUT2D eigenvalue weighted by atomic mass is 10.1. The minimum atomic E-state index is -0.361. The third-order valence-corrected chi connectivity index (χ3v) is 2.11. The second kappa shape index (κ2) is 4.28. The van der Waals surface area contributed by atoms with Crippen LogP contribution < -0.4 is 10.5 Å². The topological polar surface area (TPSA) is 52.3 Å².